The molecule has 1 unspecified atom stereocenters. The van der Waals surface area contributed by atoms with Crippen LogP contribution in [0.3, 0.4) is 0 Å². The van der Waals surface area contributed by atoms with Gasteiger partial charge in [-0.05, 0) is 40.5 Å². The van der Waals surface area contributed by atoms with Crippen molar-refractivity contribution in [3.8, 4) is 0 Å². The highest BCUT2D eigenvalue weighted by atomic mass is 79.9. The lowest BCUT2D eigenvalue weighted by atomic mass is 10.2. The molecule has 1 atom stereocenters. The van der Waals surface area contributed by atoms with E-state index >= 15 is 0 Å². The summed E-state index contributed by atoms with van der Waals surface area (Å²) < 4.78 is 22.8. The van der Waals surface area contributed by atoms with Crippen LogP contribution < -0.4 is 15.8 Å². The second-order valence-electron chi connectivity index (χ2n) is 4.33. The van der Waals surface area contributed by atoms with E-state index in [4.69, 9.17) is 5.14 Å². The first kappa shape index (κ1) is 14.9. The van der Waals surface area contributed by atoms with Crippen LogP contribution in [0.25, 0.3) is 0 Å². The minimum absolute atomic E-state index is 0.0588. The summed E-state index contributed by atoms with van der Waals surface area (Å²) in [5, 5.41) is 10.2. The first-order valence-corrected chi connectivity index (χ1v) is 8.04. The van der Waals surface area contributed by atoms with E-state index in [0.29, 0.717) is 23.0 Å². The number of halogens is 1. The van der Waals surface area contributed by atoms with Gasteiger partial charge >= 0.3 is 0 Å². The number of nitrogens with two attached hydrogens (primary N) is 1. The maximum absolute atomic E-state index is 11.9. The van der Waals surface area contributed by atoms with Gasteiger partial charge < -0.3 is 10.6 Å². The smallest absolute Gasteiger partial charge is 0.246 e. The van der Waals surface area contributed by atoms with Crippen LogP contribution in [0.15, 0.2) is 27.6 Å². The molecule has 0 bridgehead atoms. The number of rotatable bonds is 3. The van der Waals surface area contributed by atoms with Crippen molar-refractivity contribution in [2.45, 2.75) is 23.8 Å². The number of carbonyl (C=O) groups excluding carboxylic acids is 2. The third kappa shape index (κ3) is 3.35. The zero-order valence-corrected chi connectivity index (χ0v) is 12.6. The van der Waals surface area contributed by atoms with Gasteiger partial charge in [0.2, 0.25) is 21.8 Å². The van der Waals surface area contributed by atoms with Crippen LogP contribution in [-0.4, -0.2) is 26.3 Å². The topological polar surface area (TPSA) is 118 Å². The average Bonchev–Trinajstić information content (AvgIpc) is 2.77. The molecule has 0 aliphatic carbocycles. The van der Waals surface area contributed by atoms with Crippen molar-refractivity contribution < 1.29 is 18.0 Å². The number of carbonyl (C=O) groups is 2. The van der Waals surface area contributed by atoms with Crippen molar-refractivity contribution in [3.63, 3.8) is 0 Å². The molecular weight excluding hydrogens is 350 g/mol. The molecule has 2 rings (SSSR count). The molecule has 7 nitrogen and oxygen atoms in total. The van der Waals surface area contributed by atoms with Crippen LogP contribution >= 0.6 is 15.9 Å². The minimum atomic E-state index is -3.79. The standard InChI is InChI=1S/C11H12BrN3O4S/c12-7-5-6(20(13,18)19)1-2-8(7)15-11(17)9-3-4-10(16)14-9/h1-2,5,9H,3-4H2,(H,14,16)(H,15,17)(H2,13,18,19). The van der Waals surface area contributed by atoms with E-state index in [0.717, 1.165) is 0 Å². The van der Waals surface area contributed by atoms with Gasteiger partial charge in [-0.3, -0.25) is 9.59 Å². The zero-order valence-electron chi connectivity index (χ0n) is 10.2. The second kappa shape index (κ2) is 5.51. The van der Waals surface area contributed by atoms with Gasteiger partial charge in [0.15, 0.2) is 0 Å². The molecule has 4 N–H and O–H groups in total. The molecule has 0 radical (unpaired) electrons. The zero-order chi connectivity index (χ0) is 14.9. The summed E-state index contributed by atoms with van der Waals surface area (Å²) in [6.45, 7) is 0. The van der Waals surface area contributed by atoms with Crippen LogP contribution in [-0.2, 0) is 19.6 Å². The maximum atomic E-state index is 11.9. The minimum Gasteiger partial charge on any atom is -0.344 e. The molecule has 1 aromatic rings. The normalized spacial score (nSPS) is 18.7. The van der Waals surface area contributed by atoms with E-state index in [2.05, 4.69) is 26.6 Å². The second-order valence-corrected chi connectivity index (χ2v) is 6.75. The first-order chi connectivity index (χ1) is 9.27. The number of amides is 2. The fourth-order valence-corrected chi connectivity index (χ4v) is 2.97. The van der Waals surface area contributed by atoms with Crippen LogP contribution in [0.4, 0.5) is 5.69 Å². The van der Waals surface area contributed by atoms with Crippen molar-refractivity contribution in [1.29, 1.82) is 0 Å². The summed E-state index contributed by atoms with van der Waals surface area (Å²) in [5.41, 5.74) is 0.406. The Morgan fingerprint density at radius 1 is 1.45 bits per heavy atom. The molecule has 1 aliphatic heterocycles. The van der Waals surface area contributed by atoms with Crippen LogP contribution in [0.5, 0.6) is 0 Å². The molecule has 1 saturated heterocycles. The molecule has 1 aromatic carbocycles. The molecular formula is C11H12BrN3O4S. The van der Waals surface area contributed by atoms with E-state index in [1.165, 1.54) is 18.2 Å². The molecule has 108 valence electrons. The largest absolute Gasteiger partial charge is 0.344 e. The lowest BCUT2D eigenvalue weighted by Crippen LogP contribution is -2.37. The number of hydrogen-bond donors (Lipinski definition) is 3. The quantitative estimate of drug-likeness (QED) is 0.717. The Balaban J connectivity index is 2.14. The monoisotopic (exact) mass is 361 g/mol. The fraction of sp³-hybridized carbons (Fsp3) is 0.273. The van der Waals surface area contributed by atoms with E-state index < -0.39 is 16.1 Å². The van der Waals surface area contributed by atoms with Gasteiger partial charge in [-0.15, -0.1) is 0 Å². The highest BCUT2D eigenvalue weighted by Gasteiger charge is 2.27. The molecule has 0 aromatic heterocycles. The summed E-state index contributed by atoms with van der Waals surface area (Å²) in [4.78, 5) is 22.9. The van der Waals surface area contributed by atoms with E-state index in [9.17, 15) is 18.0 Å². The van der Waals surface area contributed by atoms with Crippen LogP contribution in [0, 0.1) is 0 Å². The number of benzene rings is 1. The number of primary sulfonamides is 1. The Hall–Kier alpha value is -1.45. The Bertz CT molecular complexity index is 674. The lowest BCUT2D eigenvalue weighted by Gasteiger charge is -2.12. The molecule has 20 heavy (non-hydrogen) atoms. The van der Waals surface area contributed by atoms with Gasteiger partial charge in [-0.2, -0.15) is 0 Å². The van der Waals surface area contributed by atoms with Gasteiger partial charge in [0, 0.05) is 10.9 Å². The van der Waals surface area contributed by atoms with Gasteiger partial charge in [-0.25, -0.2) is 13.6 Å². The molecule has 1 aliphatic rings. The molecule has 0 saturated carbocycles. The molecule has 0 spiro atoms. The van der Waals surface area contributed by atoms with E-state index in [-0.39, 0.29) is 16.7 Å². The number of hydrogen-bond acceptors (Lipinski definition) is 4. The number of nitrogens with one attached hydrogen (secondary N) is 2. The van der Waals surface area contributed by atoms with E-state index in [1.807, 2.05) is 0 Å². The van der Waals surface area contributed by atoms with Crippen molar-refractivity contribution in [2.24, 2.45) is 5.14 Å². The predicted molar refractivity (Wildman–Crippen MR) is 75.3 cm³/mol. The lowest BCUT2D eigenvalue weighted by molar-refractivity contribution is -0.122. The van der Waals surface area contributed by atoms with Crippen LogP contribution in [0.1, 0.15) is 12.8 Å². The van der Waals surface area contributed by atoms with Gasteiger partial charge in [0.1, 0.15) is 6.04 Å². The summed E-state index contributed by atoms with van der Waals surface area (Å²) in [5.74, 6) is -0.506. The van der Waals surface area contributed by atoms with Crippen LogP contribution in [0.2, 0.25) is 0 Å². The summed E-state index contributed by atoms with van der Waals surface area (Å²) in [7, 11) is -3.79. The summed E-state index contributed by atoms with van der Waals surface area (Å²) in [6.07, 6.45) is 0.765. The maximum Gasteiger partial charge on any atom is 0.246 e. The summed E-state index contributed by atoms with van der Waals surface area (Å²) >= 11 is 3.17. The number of sulfonamides is 1. The molecule has 1 heterocycles. The van der Waals surface area contributed by atoms with Gasteiger partial charge in [0.05, 0.1) is 10.6 Å². The highest BCUT2D eigenvalue weighted by Crippen LogP contribution is 2.25. The highest BCUT2D eigenvalue weighted by molar-refractivity contribution is 9.10. The first-order valence-electron chi connectivity index (χ1n) is 5.70. The fourth-order valence-electron chi connectivity index (χ4n) is 1.80. The predicted octanol–water partition coefficient (Wildman–Crippen LogP) is 0.314. The van der Waals surface area contributed by atoms with Crippen molar-refractivity contribution in [2.75, 3.05) is 5.32 Å². The average molecular weight is 362 g/mol. The van der Waals surface area contributed by atoms with Gasteiger partial charge in [0.25, 0.3) is 0 Å². The number of anilines is 1. The Labute approximate surface area is 124 Å². The SMILES string of the molecule is NS(=O)(=O)c1ccc(NC(=O)C2CCC(=O)N2)c(Br)c1. The molecule has 9 heteroatoms. The Morgan fingerprint density at radius 3 is 2.65 bits per heavy atom. The summed E-state index contributed by atoms with van der Waals surface area (Å²) in [6, 6.07) is 3.46. The molecule has 2 amide bonds. The molecule has 1 fully saturated rings. The van der Waals surface area contributed by atoms with Crippen molar-refractivity contribution in [3.05, 3.63) is 22.7 Å². The third-order valence-electron chi connectivity index (χ3n) is 2.84. The van der Waals surface area contributed by atoms with E-state index in [1.54, 1.807) is 0 Å². The van der Waals surface area contributed by atoms with Crippen molar-refractivity contribution in [1.82, 2.24) is 5.32 Å². The third-order valence-corrected chi connectivity index (χ3v) is 4.41. The van der Waals surface area contributed by atoms with Crippen molar-refractivity contribution >= 4 is 43.5 Å². The van der Waals surface area contributed by atoms with Gasteiger partial charge in [-0.1, -0.05) is 0 Å². The Morgan fingerprint density at radius 2 is 2.15 bits per heavy atom. The Kier molecular flexibility index (Phi) is 4.11.